The van der Waals surface area contributed by atoms with Crippen LogP contribution in [0.1, 0.15) is 65.6 Å². The number of nitrogens with zero attached hydrogens (tertiary/aromatic N) is 6. The fourth-order valence-electron chi connectivity index (χ4n) is 4.54. The lowest BCUT2D eigenvalue weighted by Crippen LogP contribution is -2.16. The van der Waals surface area contributed by atoms with Gasteiger partial charge in [0, 0.05) is 12.0 Å². The van der Waals surface area contributed by atoms with Gasteiger partial charge < -0.3 is 9.67 Å². The van der Waals surface area contributed by atoms with Crippen molar-refractivity contribution in [2.24, 2.45) is 13.0 Å². The zero-order valence-corrected chi connectivity index (χ0v) is 21.8. The van der Waals surface area contributed by atoms with Crippen LogP contribution < -0.4 is 0 Å². The van der Waals surface area contributed by atoms with Crippen molar-refractivity contribution in [3.05, 3.63) is 69.7 Å². The summed E-state index contributed by atoms with van der Waals surface area (Å²) in [6.45, 7) is 9.97. The molecule has 0 bridgehead atoms. The molecule has 2 aromatic carbocycles. The van der Waals surface area contributed by atoms with Gasteiger partial charge in [-0.3, -0.25) is 0 Å². The van der Waals surface area contributed by atoms with E-state index in [0.717, 1.165) is 35.4 Å². The van der Waals surface area contributed by atoms with E-state index in [4.69, 9.17) is 15.7 Å². The lowest BCUT2D eigenvalue weighted by Gasteiger charge is -2.23. The number of aliphatic hydroxyl groups is 1. The van der Waals surface area contributed by atoms with Gasteiger partial charge >= 0.3 is 0 Å². The standard InChI is InChI=1S/C27H33ClN6O/c1-7-16(2)13-24-29-26(28)23(15-35)34(24)19(5)21-12-11-20(14-18(21)4)25-17(3)9-8-10-22(25)27-30-32-33(6)31-27/h8-12,14,16,19,35H,7,13,15H2,1-6H3/i8D,9D,10D. The number of hydrogen-bond donors (Lipinski definition) is 1. The predicted molar refractivity (Wildman–Crippen MR) is 139 cm³/mol. The minimum absolute atomic E-state index is 0.00284. The number of imidazole rings is 1. The quantitative estimate of drug-likeness (QED) is 0.339. The molecule has 35 heavy (non-hydrogen) atoms. The summed E-state index contributed by atoms with van der Waals surface area (Å²) in [6, 6.07) is 5.58. The first kappa shape index (κ1) is 21.3. The summed E-state index contributed by atoms with van der Waals surface area (Å²) in [6.07, 6.45) is 1.76. The van der Waals surface area contributed by atoms with Gasteiger partial charge in [-0.1, -0.05) is 68.2 Å². The maximum absolute atomic E-state index is 10.1. The van der Waals surface area contributed by atoms with Gasteiger partial charge in [0.1, 0.15) is 5.82 Å². The fraction of sp³-hybridized carbons (Fsp3) is 0.407. The van der Waals surface area contributed by atoms with Crippen LogP contribution in [0.15, 0.2) is 36.3 Å². The average molecular weight is 496 g/mol. The lowest BCUT2D eigenvalue weighted by atomic mass is 9.91. The van der Waals surface area contributed by atoms with Crippen LogP contribution in [-0.2, 0) is 20.1 Å². The second-order valence-corrected chi connectivity index (χ2v) is 9.47. The van der Waals surface area contributed by atoms with Gasteiger partial charge in [0.15, 0.2) is 5.15 Å². The molecular formula is C27H33ClN6O. The largest absolute Gasteiger partial charge is 0.390 e. The van der Waals surface area contributed by atoms with Gasteiger partial charge in [-0.15, -0.1) is 10.2 Å². The van der Waals surface area contributed by atoms with Crippen molar-refractivity contribution in [2.45, 2.75) is 60.1 Å². The molecular weight excluding hydrogens is 460 g/mol. The Kier molecular flexibility index (Phi) is 6.26. The van der Waals surface area contributed by atoms with Crippen molar-refractivity contribution in [1.82, 2.24) is 29.8 Å². The van der Waals surface area contributed by atoms with Gasteiger partial charge in [-0.25, -0.2) is 4.98 Å². The Balaban J connectivity index is 1.86. The topological polar surface area (TPSA) is 81.6 Å². The summed E-state index contributed by atoms with van der Waals surface area (Å²) in [5, 5.41) is 22.7. The van der Waals surface area contributed by atoms with Crippen molar-refractivity contribution in [3.8, 4) is 22.5 Å². The molecule has 1 N–H and O–H groups in total. The lowest BCUT2D eigenvalue weighted by molar-refractivity contribution is 0.268. The zero-order valence-electron chi connectivity index (χ0n) is 24.0. The Labute approximate surface area is 216 Å². The van der Waals surface area contributed by atoms with E-state index in [1.807, 2.05) is 29.7 Å². The monoisotopic (exact) mass is 495 g/mol. The van der Waals surface area contributed by atoms with Gasteiger partial charge in [0.25, 0.3) is 0 Å². The molecule has 2 aromatic heterocycles. The molecule has 0 amide bonds. The molecule has 2 atom stereocenters. The maximum atomic E-state index is 10.1. The van der Waals surface area contributed by atoms with Crippen molar-refractivity contribution >= 4 is 11.6 Å². The van der Waals surface area contributed by atoms with E-state index in [1.165, 1.54) is 4.80 Å². The van der Waals surface area contributed by atoms with E-state index in [1.54, 1.807) is 14.0 Å². The van der Waals surface area contributed by atoms with E-state index >= 15 is 0 Å². The molecule has 4 rings (SSSR count). The molecule has 0 saturated heterocycles. The van der Waals surface area contributed by atoms with Crippen LogP contribution in [0.4, 0.5) is 0 Å². The number of aryl methyl sites for hydroxylation is 2. The van der Waals surface area contributed by atoms with Crippen LogP contribution in [0.25, 0.3) is 22.5 Å². The Morgan fingerprint density at radius 1 is 1.17 bits per heavy atom. The number of aromatic nitrogens is 6. The highest BCUT2D eigenvalue weighted by Gasteiger charge is 2.23. The molecule has 0 aliphatic rings. The SMILES string of the molecule is [2H]c1c([2H])c(C)c(-c2ccc(C(C)n3c(CC(C)CC)nc(Cl)c3CO)c(C)c2)c(-c2nnn(C)n2)c1[2H]. The highest BCUT2D eigenvalue weighted by molar-refractivity contribution is 6.30. The maximum Gasteiger partial charge on any atom is 0.205 e. The first-order valence-electron chi connectivity index (χ1n) is 13.3. The number of tetrazole rings is 1. The highest BCUT2D eigenvalue weighted by Crippen LogP contribution is 2.36. The van der Waals surface area contributed by atoms with Crippen LogP contribution in [0.5, 0.6) is 0 Å². The molecule has 184 valence electrons. The van der Waals surface area contributed by atoms with E-state index in [-0.39, 0.29) is 36.6 Å². The highest BCUT2D eigenvalue weighted by atomic mass is 35.5. The van der Waals surface area contributed by atoms with Crippen LogP contribution >= 0.6 is 11.6 Å². The van der Waals surface area contributed by atoms with Crippen molar-refractivity contribution in [3.63, 3.8) is 0 Å². The van der Waals surface area contributed by atoms with Crippen LogP contribution in [0, 0.1) is 19.8 Å². The van der Waals surface area contributed by atoms with Gasteiger partial charge in [0.05, 0.1) is 29.5 Å². The second-order valence-electron chi connectivity index (χ2n) is 9.11. The van der Waals surface area contributed by atoms with Crippen molar-refractivity contribution in [1.29, 1.82) is 0 Å². The molecule has 0 radical (unpaired) electrons. The molecule has 0 spiro atoms. The fourth-order valence-corrected chi connectivity index (χ4v) is 4.79. The normalized spacial score (nSPS) is 14.5. The van der Waals surface area contributed by atoms with Crippen LogP contribution in [0.2, 0.25) is 5.15 Å². The number of hydrogen-bond acceptors (Lipinski definition) is 5. The van der Waals surface area contributed by atoms with E-state index in [0.29, 0.717) is 33.5 Å². The smallest absolute Gasteiger partial charge is 0.205 e. The minimum Gasteiger partial charge on any atom is -0.390 e. The summed E-state index contributed by atoms with van der Waals surface area (Å²) in [7, 11) is 1.64. The second kappa shape index (κ2) is 10.3. The number of rotatable bonds is 8. The molecule has 8 heteroatoms. The Bertz CT molecular complexity index is 1500. The zero-order chi connectivity index (χ0) is 27.9. The van der Waals surface area contributed by atoms with Crippen molar-refractivity contribution in [2.75, 3.05) is 0 Å². The molecule has 0 aliphatic heterocycles. The van der Waals surface area contributed by atoms with Gasteiger partial charge in [-0.05, 0) is 59.7 Å². The van der Waals surface area contributed by atoms with Gasteiger partial charge in [0.2, 0.25) is 5.82 Å². The Morgan fingerprint density at radius 3 is 2.57 bits per heavy atom. The number of benzene rings is 2. The third-order valence-corrected chi connectivity index (χ3v) is 6.90. The molecule has 7 nitrogen and oxygen atoms in total. The molecule has 4 aromatic rings. The first-order valence-corrected chi connectivity index (χ1v) is 12.2. The predicted octanol–water partition coefficient (Wildman–Crippen LogP) is 5.70. The summed E-state index contributed by atoms with van der Waals surface area (Å²) >= 11 is 6.43. The first-order chi connectivity index (χ1) is 18.0. The molecule has 2 unspecified atom stereocenters. The molecule has 0 fully saturated rings. The van der Waals surface area contributed by atoms with Gasteiger partial charge in [-0.2, -0.15) is 4.80 Å². The summed E-state index contributed by atoms with van der Waals surface area (Å²) in [4.78, 5) is 5.90. The summed E-state index contributed by atoms with van der Waals surface area (Å²) < 4.78 is 27.4. The number of aliphatic hydroxyl groups excluding tert-OH is 1. The number of halogens is 1. The average Bonchev–Trinajstić information content (AvgIpc) is 3.45. The minimum atomic E-state index is -0.209. The summed E-state index contributed by atoms with van der Waals surface area (Å²) in [5.41, 5.74) is 5.02. The van der Waals surface area contributed by atoms with E-state index in [2.05, 4.69) is 41.2 Å². The summed E-state index contributed by atoms with van der Waals surface area (Å²) in [5.74, 6) is 1.51. The van der Waals surface area contributed by atoms with Crippen LogP contribution in [0.3, 0.4) is 0 Å². The third-order valence-electron chi connectivity index (χ3n) is 6.60. The molecule has 0 aliphatic carbocycles. The molecule has 0 saturated carbocycles. The van der Waals surface area contributed by atoms with E-state index < -0.39 is 0 Å². The third kappa shape index (κ3) is 4.88. The molecule has 2 heterocycles. The van der Waals surface area contributed by atoms with E-state index in [9.17, 15) is 5.11 Å². The van der Waals surface area contributed by atoms with Crippen LogP contribution in [-0.4, -0.2) is 34.9 Å². The Hall–Kier alpha value is -3.03. The Morgan fingerprint density at radius 2 is 1.94 bits per heavy atom. The van der Waals surface area contributed by atoms with Crippen molar-refractivity contribution < 1.29 is 9.22 Å².